The smallest absolute Gasteiger partial charge is 0.122 e. The average molecular weight is 274 g/mol. The Morgan fingerprint density at radius 2 is 2.26 bits per heavy atom. The van der Waals surface area contributed by atoms with E-state index in [-0.39, 0.29) is 6.10 Å². The Kier molecular flexibility index (Phi) is 3.64. The van der Waals surface area contributed by atoms with Crippen molar-refractivity contribution in [2.24, 2.45) is 0 Å². The summed E-state index contributed by atoms with van der Waals surface area (Å²) in [5.41, 5.74) is 5.14. The molecule has 1 aromatic heterocycles. The number of nitrogens with one attached hydrogen (secondary N) is 1. The van der Waals surface area contributed by atoms with Crippen LogP contribution in [0.4, 0.5) is 0 Å². The van der Waals surface area contributed by atoms with E-state index in [2.05, 4.69) is 33.9 Å². The zero-order chi connectivity index (χ0) is 13.2. The van der Waals surface area contributed by atoms with Crippen molar-refractivity contribution in [3.8, 4) is 11.3 Å². The van der Waals surface area contributed by atoms with Gasteiger partial charge in [0.2, 0.25) is 0 Å². The lowest BCUT2D eigenvalue weighted by atomic mass is 9.98. The fraction of sp³-hybridized carbons (Fsp3) is 0.400. The number of methoxy groups -OCH3 is 1. The van der Waals surface area contributed by atoms with Crippen molar-refractivity contribution in [2.45, 2.75) is 26.0 Å². The Morgan fingerprint density at radius 3 is 3.11 bits per heavy atom. The minimum absolute atomic E-state index is 0.0700. The monoisotopic (exact) mass is 274 g/mol. The average Bonchev–Trinajstić information content (AvgIpc) is 2.95. The van der Waals surface area contributed by atoms with Crippen molar-refractivity contribution < 1.29 is 4.74 Å². The van der Waals surface area contributed by atoms with Gasteiger partial charge in [0, 0.05) is 24.6 Å². The molecule has 1 aromatic carbocycles. The fourth-order valence-electron chi connectivity index (χ4n) is 2.34. The maximum atomic E-state index is 5.32. The Morgan fingerprint density at radius 1 is 1.37 bits per heavy atom. The molecular formula is C15H18N2OS. The summed E-state index contributed by atoms with van der Waals surface area (Å²) in [4.78, 5) is 4.68. The number of nitrogens with zero attached hydrogens (tertiary/aromatic N) is 1. The van der Waals surface area contributed by atoms with Gasteiger partial charge in [0.25, 0.3) is 0 Å². The molecule has 1 unspecified atom stereocenters. The van der Waals surface area contributed by atoms with Gasteiger partial charge in [-0.25, -0.2) is 4.98 Å². The van der Waals surface area contributed by atoms with Gasteiger partial charge in [-0.1, -0.05) is 12.1 Å². The molecule has 4 heteroatoms. The van der Waals surface area contributed by atoms with Crippen LogP contribution in [-0.4, -0.2) is 18.6 Å². The number of rotatable bonds is 3. The summed E-state index contributed by atoms with van der Waals surface area (Å²) in [6.07, 6.45) is 1.18. The minimum Gasteiger partial charge on any atom is -0.375 e. The van der Waals surface area contributed by atoms with Crippen molar-refractivity contribution in [1.29, 1.82) is 0 Å². The molecule has 1 N–H and O–H groups in total. The summed E-state index contributed by atoms with van der Waals surface area (Å²) < 4.78 is 5.32. The van der Waals surface area contributed by atoms with Gasteiger partial charge in [0.05, 0.1) is 5.69 Å². The lowest BCUT2D eigenvalue weighted by molar-refractivity contribution is 0.119. The first-order chi connectivity index (χ1) is 9.28. The number of ether oxygens (including phenoxy) is 1. The Bertz CT molecular complexity index is 579. The first-order valence-electron chi connectivity index (χ1n) is 6.59. The zero-order valence-electron chi connectivity index (χ0n) is 11.3. The molecule has 0 aliphatic carbocycles. The molecule has 2 heterocycles. The molecule has 0 fully saturated rings. The summed E-state index contributed by atoms with van der Waals surface area (Å²) in [6.45, 7) is 4.08. The summed E-state index contributed by atoms with van der Waals surface area (Å²) in [6, 6.07) is 6.67. The molecule has 0 bridgehead atoms. The molecule has 0 radical (unpaired) electrons. The van der Waals surface area contributed by atoms with Crippen LogP contribution in [0.25, 0.3) is 11.3 Å². The maximum Gasteiger partial charge on any atom is 0.122 e. The van der Waals surface area contributed by atoms with Crippen LogP contribution in [0.3, 0.4) is 0 Å². The molecule has 0 saturated heterocycles. The van der Waals surface area contributed by atoms with E-state index in [1.54, 1.807) is 18.4 Å². The first kappa shape index (κ1) is 12.8. The Balaban J connectivity index is 1.91. The van der Waals surface area contributed by atoms with Crippen LogP contribution in [0.15, 0.2) is 23.6 Å². The third-order valence-corrected chi connectivity index (χ3v) is 4.62. The second kappa shape index (κ2) is 5.41. The molecule has 1 aliphatic heterocycles. The topological polar surface area (TPSA) is 34.1 Å². The third kappa shape index (κ3) is 2.56. The SMILES string of the molecule is COC(C)c1nc(-c2ccc3c(c2)CCNC3)cs1. The van der Waals surface area contributed by atoms with E-state index in [0.29, 0.717) is 0 Å². The predicted molar refractivity (Wildman–Crippen MR) is 78.4 cm³/mol. The molecule has 1 aliphatic rings. The predicted octanol–water partition coefficient (Wildman–Crippen LogP) is 3.16. The Labute approximate surface area is 117 Å². The minimum atomic E-state index is 0.0700. The number of benzene rings is 1. The van der Waals surface area contributed by atoms with E-state index in [9.17, 15) is 0 Å². The normalized spacial score (nSPS) is 16.1. The molecule has 0 spiro atoms. The number of aromatic nitrogens is 1. The summed E-state index contributed by atoms with van der Waals surface area (Å²) in [5, 5.41) is 6.55. The van der Waals surface area contributed by atoms with Crippen molar-refractivity contribution in [3.63, 3.8) is 0 Å². The second-order valence-corrected chi connectivity index (χ2v) is 5.75. The van der Waals surface area contributed by atoms with Gasteiger partial charge in [0.15, 0.2) is 0 Å². The molecule has 3 rings (SSSR count). The van der Waals surface area contributed by atoms with Gasteiger partial charge in [-0.3, -0.25) is 0 Å². The van der Waals surface area contributed by atoms with Gasteiger partial charge in [-0.05, 0) is 37.1 Å². The van der Waals surface area contributed by atoms with Crippen LogP contribution >= 0.6 is 11.3 Å². The molecule has 0 saturated carbocycles. The van der Waals surface area contributed by atoms with E-state index >= 15 is 0 Å². The highest BCUT2D eigenvalue weighted by Crippen LogP contribution is 2.28. The standard InChI is InChI=1S/C15H18N2OS/c1-10(18-2)15-17-14(9-19-15)12-3-4-13-8-16-6-5-11(13)7-12/h3-4,7,9-10,16H,5-6,8H2,1-2H3. The molecule has 100 valence electrons. The van der Waals surface area contributed by atoms with Gasteiger partial charge in [0.1, 0.15) is 11.1 Å². The van der Waals surface area contributed by atoms with Crippen LogP contribution in [-0.2, 0) is 17.7 Å². The molecule has 2 aromatic rings. The molecule has 1 atom stereocenters. The first-order valence-corrected chi connectivity index (χ1v) is 7.47. The molecular weight excluding hydrogens is 256 g/mol. The lowest BCUT2D eigenvalue weighted by Gasteiger charge is -2.17. The van der Waals surface area contributed by atoms with Gasteiger partial charge >= 0.3 is 0 Å². The van der Waals surface area contributed by atoms with Crippen molar-refractivity contribution >= 4 is 11.3 Å². The summed E-state index contributed by atoms with van der Waals surface area (Å²) >= 11 is 1.67. The number of thiazole rings is 1. The highest BCUT2D eigenvalue weighted by molar-refractivity contribution is 7.10. The lowest BCUT2D eigenvalue weighted by Crippen LogP contribution is -2.23. The molecule has 3 nitrogen and oxygen atoms in total. The van der Waals surface area contributed by atoms with Crippen LogP contribution in [0.1, 0.15) is 29.2 Å². The van der Waals surface area contributed by atoms with E-state index in [1.807, 2.05) is 6.92 Å². The van der Waals surface area contributed by atoms with Crippen LogP contribution in [0, 0.1) is 0 Å². The zero-order valence-corrected chi connectivity index (χ0v) is 12.1. The molecule has 0 amide bonds. The van der Waals surface area contributed by atoms with Crippen molar-refractivity contribution in [1.82, 2.24) is 10.3 Å². The van der Waals surface area contributed by atoms with Crippen molar-refractivity contribution in [2.75, 3.05) is 13.7 Å². The quantitative estimate of drug-likeness (QED) is 0.933. The highest BCUT2D eigenvalue weighted by atomic mass is 32.1. The van der Waals surface area contributed by atoms with E-state index < -0.39 is 0 Å². The number of hydrogen-bond acceptors (Lipinski definition) is 4. The molecule has 19 heavy (non-hydrogen) atoms. The maximum absolute atomic E-state index is 5.32. The Hall–Kier alpha value is -1.23. The largest absolute Gasteiger partial charge is 0.375 e. The second-order valence-electron chi connectivity index (χ2n) is 4.86. The van der Waals surface area contributed by atoms with Crippen molar-refractivity contribution in [3.05, 3.63) is 39.7 Å². The van der Waals surface area contributed by atoms with E-state index in [0.717, 1.165) is 30.2 Å². The van der Waals surface area contributed by atoms with Gasteiger partial charge in [-0.15, -0.1) is 11.3 Å². The van der Waals surface area contributed by atoms with Crippen LogP contribution in [0.5, 0.6) is 0 Å². The summed E-state index contributed by atoms with van der Waals surface area (Å²) in [5.74, 6) is 0. The van der Waals surface area contributed by atoms with Crippen LogP contribution < -0.4 is 5.32 Å². The van der Waals surface area contributed by atoms with E-state index in [1.165, 1.54) is 16.7 Å². The highest BCUT2D eigenvalue weighted by Gasteiger charge is 2.13. The van der Waals surface area contributed by atoms with Gasteiger partial charge < -0.3 is 10.1 Å². The third-order valence-electron chi connectivity index (χ3n) is 3.61. The van der Waals surface area contributed by atoms with Gasteiger partial charge in [-0.2, -0.15) is 0 Å². The van der Waals surface area contributed by atoms with E-state index in [4.69, 9.17) is 4.74 Å². The number of fused-ring (bicyclic) bond motifs is 1. The fourth-order valence-corrected chi connectivity index (χ4v) is 3.20. The van der Waals surface area contributed by atoms with Crippen LogP contribution in [0.2, 0.25) is 0 Å². The number of hydrogen-bond donors (Lipinski definition) is 1. The summed E-state index contributed by atoms with van der Waals surface area (Å²) in [7, 11) is 1.72.